The number of carbonyl (C=O) groups excluding carboxylic acids is 1. The largest absolute Gasteiger partial charge is 0.493 e. The predicted octanol–water partition coefficient (Wildman–Crippen LogP) is 2.36. The van der Waals surface area contributed by atoms with Gasteiger partial charge in [-0.15, -0.1) is 11.3 Å². The molecule has 0 aliphatic rings. The third-order valence-electron chi connectivity index (χ3n) is 3.23. The Morgan fingerprint density at radius 1 is 1.08 bits per heavy atom. The lowest BCUT2D eigenvalue weighted by Gasteiger charge is -2.19. The van der Waals surface area contributed by atoms with Gasteiger partial charge in [0.1, 0.15) is 9.90 Å². The monoisotopic (exact) mass is 387 g/mol. The second-order valence-electron chi connectivity index (χ2n) is 4.60. The molecule has 0 bridgehead atoms. The molecule has 0 fully saturated rings. The smallest absolute Gasteiger partial charge is 0.340 e. The van der Waals surface area contributed by atoms with E-state index in [1.54, 1.807) is 11.4 Å². The standard InChI is InChI=1S/C15H17NO7S2/c1-20-10-8-9(15(17)23-4)12(14(22-3)13(10)21-2)16-25(18,19)11-6-5-7-24-11/h5-8,16H,1-4H3. The van der Waals surface area contributed by atoms with Gasteiger partial charge >= 0.3 is 5.97 Å². The lowest BCUT2D eigenvalue weighted by atomic mass is 10.1. The molecule has 0 aliphatic heterocycles. The highest BCUT2D eigenvalue weighted by Gasteiger charge is 2.28. The maximum absolute atomic E-state index is 12.6. The van der Waals surface area contributed by atoms with Crippen molar-refractivity contribution < 1.29 is 32.2 Å². The third-order valence-corrected chi connectivity index (χ3v) is 5.98. The Labute approximate surface area is 149 Å². The van der Waals surface area contributed by atoms with Crippen molar-refractivity contribution >= 4 is 33.0 Å². The Bertz CT molecular complexity index is 861. The molecule has 10 heteroatoms. The first-order valence-corrected chi connectivity index (χ1v) is 9.23. The maximum atomic E-state index is 12.6. The number of benzene rings is 1. The van der Waals surface area contributed by atoms with Crippen LogP contribution in [0.2, 0.25) is 0 Å². The number of thiophene rings is 1. The molecule has 0 amide bonds. The van der Waals surface area contributed by atoms with E-state index in [0.717, 1.165) is 11.3 Å². The fourth-order valence-corrected chi connectivity index (χ4v) is 4.21. The summed E-state index contributed by atoms with van der Waals surface area (Å²) in [6, 6.07) is 4.36. The van der Waals surface area contributed by atoms with Gasteiger partial charge in [0.15, 0.2) is 11.5 Å². The van der Waals surface area contributed by atoms with Crippen molar-refractivity contribution in [3.8, 4) is 17.2 Å². The second kappa shape index (κ2) is 7.62. The first-order valence-electron chi connectivity index (χ1n) is 6.87. The summed E-state index contributed by atoms with van der Waals surface area (Å²) in [5.74, 6) is -0.425. The van der Waals surface area contributed by atoms with Gasteiger partial charge in [-0.05, 0) is 11.4 Å². The van der Waals surface area contributed by atoms with Crippen LogP contribution in [0.3, 0.4) is 0 Å². The molecule has 0 atom stereocenters. The number of esters is 1. The average Bonchev–Trinajstić information content (AvgIpc) is 3.15. The van der Waals surface area contributed by atoms with E-state index in [4.69, 9.17) is 18.9 Å². The molecular weight excluding hydrogens is 370 g/mol. The van der Waals surface area contributed by atoms with Crippen molar-refractivity contribution in [2.75, 3.05) is 33.2 Å². The van der Waals surface area contributed by atoms with Gasteiger partial charge in [0.05, 0.1) is 34.0 Å². The molecule has 136 valence electrons. The summed E-state index contributed by atoms with van der Waals surface area (Å²) >= 11 is 1.04. The van der Waals surface area contributed by atoms with Gasteiger partial charge in [0, 0.05) is 6.07 Å². The van der Waals surface area contributed by atoms with Crippen molar-refractivity contribution in [2.24, 2.45) is 0 Å². The highest BCUT2D eigenvalue weighted by atomic mass is 32.2. The van der Waals surface area contributed by atoms with Gasteiger partial charge in [0.25, 0.3) is 10.0 Å². The lowest BCUT2D eigenvalue weighted by Crippen LogP contribution is -2.17. The van der Waals surface area contributed by atoms with Crippen LogP contribution in [0, 0.1) is 0 Å². The predicted molar refractivity (Wildman–Crippen MR) is 92.6 cm³/mol. The zero-order chi connectivity index (χ0) is 18.6. The van der Waals surface area contributed by atoms with Gasteiger partial charge in [-0.25, -0.2) is 13.2 Å². The van der Waals surface area contributed by atoms with E-state index in [-0.39, 0.29) is 32.7 Å². The summed E-state index contributed by atoms with van der Waals surface area (Å²) in [4.78, 5) is 12.1. The van der Waals surface area contributed by atoms with Crippen molar-refractivity contribution in [1.82, 2.24) is 0 Å². The Morgan fingerprint density at radius 3 is 2.24 bits per heavy atom. The van der Waals surface area contributed by atoms with Gasteiger partial charge in [-0.3, -0.25) is 4.72 Å². The van der Waals surface area contributed by atoms with Crippen LogP contribution >= 0.6 is 11.3 Å². The molecule has 0 spiro atoms. The number of hydrogen-bond acceptors (Lipinski definition) is 8. The third kappa shape index (κ3) is 3.64. The van der Waals surface area contributed by atoms with E-state index in [9.17, 15) is 13.2 Å². The number of hydrogen-bond donors (Lipinski definition) is 1. The van der Waals surface area contributed by atoms with Crippen molar-refractivity contribution in [3.63, 3.8) is 0 Å². The number of methoxy groups -OCH3 is 4. The molecule has 25 heavy (non-hydrogen) atoms. The number of carbonyl (C=O) groups is 1. The molecule has 0 unspecified atom stereocenters. The molecule has 1 N–H and O–H groups in total. The molecule has 0 saturated heterocycles. The molecule has 0 saturated carbocycles. The molecule has 2 rings (SSSR count). The van der Waals surface area contributed by atoms with Gasteiger partial charge in [-0.2, -0.15) is 0 Å². The Balaban J connectivity index is 2.71. The Kier molecular flexibility index (Phi) is 5.75. The highest BCUT2D eigenvalue weighted by molar-refractivity contribution is 7.94. The van der Waals surface area contributed by atoms with Gasteiger partial charge in [0.2, 0.25) is 5.75 Å². The first kappa shape index (κ1) is 18.9. The minimum atomic E-state index is -3.93. The molecule has 0 radical (unpaired) electrons. The molecule has 1 aromatic heterocycles. The molecule has 8 nitrogen and oxygen atoms in total. The lowest BCUT2D eigenvalue weighted by molar-refractivity contribution is 0.0601. The molecule has 1 aromatic carbocycles. The summed E-state index contributed by atoms with van der Waals surface area (Å²) in [5.41, 5.74) is -0.169. The van der Waals surface area contributed by atoms with Crippen molar-refractivity contribution in [2.45, 2.75) is 4.21 Å². The molecule has 1 heterocycles. The minimum absolute atomic E-state index is 0.00220. The average molecular weight is 387 g/mol. The summed E-state index contributed by atoms with van der Waals surface area (Å²) in [6.45, 7) is 0. The maximum Gasteiger partial charge on any atom is 0.340 e. The number of rotatable bonds is 7. The van der Waals surface area contributed by atoms with Crippen LogP contribution in [0.4, 0.5) is 5.69 Å². The summed E-state index contributed by atoms with van der Waals surface area (Å²) in [5, 5.41) is 1.63. The van der Waals surface area contributed by atoms with E-state index in [0.29, 0.717) is 0 Å². The van der Waals surface area contributed by atoms with E-state index in [1.807, 2.05) is 0 Å². The molecule has 2 aromatic rings. The number of nitrogens with one attached hydrogen (secondary N) is 1. The van der Waals surface area contributed by atoms with Crippen LogP contribution in [-0.2, 0) is 14.8 Å². The van der Waals surface area contributed by atoms with E-state index >= 15 is 0 Å². The van der Waals surface area contributed by atoms with Crippen LogP contribution in [0.25, 0.3) is 0 Å². The van der Waals surface area contributed by atoms with Crippen LogP contribution in [-0.4, -0.2) is 42.8 Å². The first-order chi connectivity index (χ1) is 11.9. The Morgan fingerprint density at radius 2 is 1.76 bits per heavy atom. The van der Waals surface area contributed by atoms with Gasteiger partial charge < -0.3 is 18.9 Å². The normalized spacial score (nSPS) is 10.9. The fraction of sp³-hybridized carbons (Fsp3) is 0.267. The summed E-state index contributed by atoms with van der Waals surface area (Å²) in [6.07, 6.45) is 0. The van der Waals surface area contributed by atoms with E-state index in [2.05, 4.69) is 4.72 Å². The van der Waals surface area contributed by atoms with Gasteiger partial charge in [-0.1, -0.05) is 6.07 Å². The second-order valence-corrected chi connectivity index (χ2v) is 7.45. The fourth-order valence-electron chi connectivity index (χ4n) is 2.13. The van der Waals surface area contributed by atoms with Crippen molar-refractivity contribution in [1.29, 1.82) is 0 Å². The summed E-state index contributed by atoms with van der Waals surface area (Å²) in [7, 11) is 1.33. The van der Waals surface area contributed by atoms with E-state index < -0.39 is 16.0 Å². The Hall–Kier alpha value is -2.46. The van der Waals surface area contributed by atoms with Crippen molar-refractivity contribution in [3.05, 3.63) is 29.1 Å². The zero-order valence-electron chi connectivity index (χ0n) is 14.0. The minimum Gasteiger partial charge on any atom is -0.493 e. The quantitative estimate of drug-likeness (QED) is 0.728. The molecular formula is C15H17NO7S2. The summed E-state index contributed by atoms with van der Waals surface area (Å²) < 4.78 is 48.0. The number of sulfonamides is 1. The highest BCUT2D eigenvalue weighted by Crippen LogP contribution is 2.46. The van der Waals surface area contributed by atoms with E-state index in [1.165, 1.54) is 40.6 Å². The topological polar surface area (TPSA) is 100 Å². The van der Waals surface area contributed by atoms with Crippen LogP contribution in [0.5, 0.6) is 17.2 Å². The zero-order valence-corrected chi connectivity index (χ0v) is 15.6. The SMILES string of the molecule is COC(=O)c1cc(OC)c(OC)c(OC)c1NS(=O)(=O)c1cccs1. The van der Waals surface area contributed by atoms with Crippen LogP contribution in [0.15, 0.2) is 27.8 Å². The number of ether oxygens (including phenoxy) is 4. The number of anilines is 1. The van der Waals surface area contributed by atoms with Crippen LogP contribution in [0.1, 0.15) is 10.4 Å². The molecule has 0 aliphatic carbocycles. The van der Waals surface area contributed by atoms with Crippen LogP contribution < -0.4 is 18.9 Å².